The zero-order chi connectivity index (χ0) is 74.2. The molecular weight excluding hydrogens is 1310 g/mol. The molecule has 12 rings (SSSR count). The summed E-state index contributed by atoms with van der Waals surface area (Å²) in [5, 5.41) is 4.90. The summed E-state index contributed by atoms with van der Waals surface area (Å²) in [6, 6.07) is 61.1. The topological polar surface area (TPSA) is 36.9 Å². The molecule has 0 saturated heterocycles. The van der Waals surface area contributed by atoms with Crippen LogP contribution in [0, 0.1) is 23.7 Å². The lowest BCUT2D eigenvalue weighted by Gasteiger charge is -2.28. The number of hydrogen-bond donors (Lipinski definition) is 0. The number of fused-ring (bicyclic) bond motifs is 2. The van der Waals surface area contributed by atoms with Gasteiger partial charge in [0.25, 0.3) is 0 Å². The molecule has 4 heteroatoms. The first kappa shape index (κ1) is 81.0. The predicted octanol–water partition coefficient (Wildman–Crippen LogP) is 32.0. The highest BCUT2D eigenvalue weighted by molar-refractivity contribution is 6.11. The molecule has 4 fully saturated rings. The van der Waals surface area contributed by atoms with Crippen LogP contribution in [0.4, 0.5) is 0 Å². The summed E-state index contributed by atoms with van der Waals surface area (Å²) in [6.45, 7) is 12.4. The van der Waals surface area contributed by atoms with Crippen molar-refractivity contribution in [1.82, 2.24) is 0 Å². The van der Waals surface area contributed by atoms with E-state index in [1.807, 2.05) is 0 Å². The van der Waals surface area contributed by atoms with Crippen molar-refractivity contribution in [3.8, 4) is 56.4 Å². The SMILES string of the molecule is CCC[C@H]1CC[C@H](c2ccc(OCCCCCCCCCCCCOc3ccc4cc(-c5ccc([C@H]6CC[C@H](CCC)CC6)cc5)ccc4c3-c3c(OCCCCCCCCCCCCOc4ccc([C@H]5CC[C@H](CCC)CC5)cc4)ccc4cc(-c5ccc([C@H]6CC[C@H](CCC)CC6)cc5)ccc34)cc2)CC1. The fourth-order valence-corrected chi connectivity index (χ4v) is 20.1. The third-order valence-electron chi connectivity index (χ3n) is 26.7. The second-order valence-corrected chi connectivity index (χ2v) is 34.6. The molecule has 4 aliphatic rings. The van der Waals surface area contributed by atoms with Gasteiger partial charge >= 0.3 is 0 Å². The molecule has 0 bridgehead atoms. The van der Waals surface area contributed by atoms with Crippen molar-refractivity contribution in [1.29, 1.82) is 0 Å². The van der Waals surface area contributed by atoms with E-state index < -0.39 is 0 Å². The van der Waals surface area contributed by atoms with E-state index in [0.29, 0.717) is 25.0 Å². The first-order valence-electron chi connectivity index (χ1n) is 45.5. The minimum atomic E-state index is 0.682. The van der Waals surface area contributed by atoms with Crippen LogP contribution in [-0.4, -0.2) is 26.4 Å². The largest absolute Gasteiger partial charge is 0.494 e. The average molecular weight is 1460 g/mol. The Hall–Kier alpha value is -6.52. The summed E-state index contributed by atoms with van der Waals surface area (Å²) >= 11 is 0. The molecule has 0 aromatic heterocycles. The Morgan fingerprint density at radius 2 is 0.472 bits per heavy atom. The van der Waals surface area contributed by atoms with Crippen molar-refractivity contribution in [2.45, 2.75) is 334 Å². The van der Waals surface area contributed by atoms with Gasteiger partial charge in [0.1, 0.15) is 23.0 Å². The lowest BCUT2D eigenvalue weighted by Crippen LogP contribution is -2.13. The van der Waals surface area contributed by atoms with Gasteiger partial charge in [-0.15, -0.1) is 0 Å². The van der Waals surface area contributed by atoms with Crippen molar-refractivity contribution < 1.29 is 18.9 Å². The summed E-state index contributed by atoms with van der Waals surface area (Å²) in [5.74, 6) is 10.6. The van der Waals surface area contributed by atoms with Gasteiger partial charge in [-0.1, -0.05) is 291 Å². The average Bonchev–Trinajstić information content (AvgIpc) is 0.745. The van der Waals surface area contributed by atoms with Gasteiger partial charge in [-0.25, -0.2) is 0 Å². The number of hydrogen-bond acceptors (Lipinski definition) is 4. The van der Waals surface area contributed by atoms with Crippen LogP contribution < -0.4 is 18.9 Å². The number of unbranched alkanes of at least 4 members (excludes halogenated alkanes) is 18. The predicted molar refractivity (Wildman–Crippen MR) is 463 cm³/mol. The van der Waals surface area contributed by atoms with Crippen LogP contribution in [0.15, 0.2) is 158 Å². The summed E-state index contributed by atoms with van der Waals surface area (Å²) in [6.07, 6.45) is 57.5. The normalized spacial score (nSPS) is 20.4. The van der Waals surface area contributed by atoms with E-state index in [1.54, 1.807) is 0 Å². The highest BCUT2D eigenvalue weighted by Crippen LogP contribution is 2.49. The standard InChI is InChI=1S/C104H142O4/c1-5-29-79-33-41-83(42-34-79)87-49-53-91(54-50-87)93-61-69-99-95(77-93)63-71-101(107-75-27-23-19-15-11-9-13-17-21-25-73-105-97-65-57-89(58-66-97)85-45-37-81(31-7-3)38-46-85)103(99)104-100-70-62-94(92-55-51-88(52-56-92)84-43-35-80(30-6-2)36-44-84)78-96(100)64-72-102(104)108-76-28-24-20-16-12-10-14-18-22-26-74-106-98-67-59-90(60-68-98)86-47-39-82(32-8-4)40-48-86/h49-72,77-86H,5-48,73-76H2,1-4H3/t79-,80-,81-,82-,83-,84-,85-,86-. The summed E-state index contributed by atoms with van der Waals surface area (Å²) < 4.78 is 26.7. The molecule has 0 radical (unpaired) electrons. The molecule has 4 saturated carbocycles. The fourth-order valence-electron chi connectivity index (χ4n) is 20.1. The van der Waals surface area contributed by atoms with Crippen molar-refractivity contribution in [2.75, 3.05) is 26.4 Å². The van der Waals surface area contributed by atoms with Gasteiger partial charge in [-0.2, -0.15) is 0 Å². The Morgan fingerprint density at radius 1 is 0.231 bits per heavy atom. The van der Waals surface area contributed by atoms with Crippen LogP contribution in [0.3, 0.4) is 0 Å². The van der Waals surface area contributed by atoms with Crippen LogP contribution in [0.5, 0.6) is 23.0 Å². The van der Waals surface area contributed by atoms with Gasteiger partial charge in [0.05, 0.1) is 26.4 Å². The Labute approximate surface area is 656 Å². The zero-order valence-electron chi connectivity index (χ0n) is 68.2. The molecule has 582 valence electrons. The molecule has 0 aliphatic heterocycles. The van der Waals surface area contributed by atoms with E-state index in [9.17, 15) is 0 Å². The van der Waals surface area contributed by atoms with Crippen molar-refractivity contribution in [2.24, 2.45) is 23.7 Å². The third-order valence-corrected chi connectivity index (χ3v) is 26.7. The molecule has 0 spiro atoms. The van der Waals surface area contributed by atoms with Crippen LogP contribution in [0.25, 0.3) is 54.9 Å². The van der Waals surface area contributed by atoms with Gasteiger partial charge in [-0.3, -0.25) is 0 Å². The number of rotatable bonds is 45. The van der Waals surface area contributed by atoms with Crippen molar-refractivity contribution in [3.63, 3.8) is 0 Å². The Balaban J connectivity index is 0.663. The molecule has 4 aliphatic carbocycles. The smallest absolute Gasteiger partial charge is 0.127 e. The number of benzene rings is 8. The maximum atomic E-state index is 7.14. The van der Waals surface area contributed by atoms with Gasteiger partial charge in [0.15, 0.2) is 0 Å². The molecule has 0 amide bonds. The minimum Gasteiger partial charge on any atom is -0.494 e. The Morgan fingerprint density at radius 3 is 0.741 bits per heavy atom. The monoisotopic (exact) mass is 1460 g/mol. The van der Waals surface area contributed by atoms with Crippen LogP contribution in [0.2, 0.25) is 0 Å². The number of ether oxygens (including phenoxy) is 4. The van der Waals surface area contributed by atoms with Gasteiger partial charge < -0.3 is 18.9 Å². The quantitative estimate of drug-likeness (QED) is 0.0357. The van der Waals surface area contributed by atoms with Crippen LogP contribution in [0.1, 0.15) is 356 Å². The van der Waals surface area contributed by atoms with E-state index in [4.69, 9.17) is 18.9 Å². The van der Waals surface area contributed by atoms with E-state index in [0.717, 1.165) is 109 Å². The van der Waals surface area contributed by atoms with Crippen molar-refractivity contribution in [3.05, 3.63) is 180 Å². The Bertz CT molecular complexity index is 3560. The minimum absolute atomic E-state index is 0.682. The van der Waals surface area contributed by atoms with E-state index in [1.165, 1.54) is 323 Å². The summed E-state index contributed by atoms with van der Waals surface area (Å²) in [5.41, 5.74) is 13.5. The maximum absolute atomic E-state index is 7.14. The molecule has 0 N–H and O–H groups in total. The fraction of sp³-hybridized carbons (Fsp3) is 0.577. The van der Waals surface area contributed by atoms with Gasteiger partial charge in [-0.05, 0) is 290 Å². The molecule has 8 aromatic rings. The highest BCUT2D eigenvalue weighted by atomic mass is 16.5. The lowest BCUT2D eigenvalue weighted by atomic mass is 9.77. The molecular formula is C104H142O4. The molecule has 0 unspecified atom stereocenters. The van der Waals surface area contributed by atoms with E-state index in [-0.39, 0.29) is 0 Å². The molecule has 0 atom stereocenters. The van der Waals surface area contributed by atoms with Crippen LogP contribution >= 0.6 is 0 Å². The first-order valence-corrected chi connectivity index (χ1v) is 45.5. The molecule has 8 aromatic carbocycles. The Kier molecular flexibility index (Phi) is 33.4. The molecule has 4 nitrogen and oxygen atoms in total. The second-order valence-electron chi connectivity index (χ2n) is 34.6. The van der Waals surface area contributed by atoms with Gasteiger partial charge in [0.2, 0.25) is 0 Å². The zero-order valence-corrected chi connectivity index (χ0v) is 68.2. The van der Waals surface area contributed by atoms with E-state index >= 15 is 0 Å². The highest BCUT2D eigenvalue weighted by Gasteiger charge is 2.27. The van der Waals surface area contributed by atoms with Crippen molar-refractivity contribution >= 4 is 21.5 Å². The molecule has 0 heterocycles. The third kappa shape index (κ3) is 24.2. The molecule has 108 heavy (non-hydrogen) atoms. The van der Waals surface area contributed by atoms with Crippen LogP contribution in [-0.2, 0) is 0 Å². The summed E-state index contributed by atoms with van der Waals surface area (Å²) in [4.78, 5) is 0. The second kappa shape index (κ2) is 44.5. The summed E-state index contributed by atoms with van der Waals surface area (Å²) in [7, 11) is 0. The van der Waals surface area contributed by atoms with Gasteiger partial charge in [0, 0.05) is 11.1 Å². The van der Waals surface area contributed by atoms with E-state index in [2.05, 4.69) is 185 Å². The first-order chi connectivity index (χ1) is 53.4. The maximum Gasteiger partial charge on any atom is 0.127 e. The lowest BCUT2D eigenvalue weighted by molar-refractivity contribution is 0.300.